The molecule has 0 atom stereocenters. The lowest BCUT2D eigenvalue weighted by atomic mass is 10.1. The van der Waals surface area contributed by atoms with Gasteiger partial charge in [0.15, 0.2) is 0 Å². The van der Waals surface area contributed by atoms with Crippen LogP contribution in [0, 0.1) is 0 Å². The number of aryl methyl sites for hydroxylation is 1. The van der Waals surface area contributed by atoms with Crippen LogP contribution in [0.25, 0.3) is 0 Å². The maximum absolute atomic E-state index is 12.6. The van der Waals surface area contributed by atoms with Gasteiger partial charge in [0.05, 0.1) is 7.11 Å². The Morgan fingerprint density at radius 3 is 2.19 bits per heavy atom. The largest absolute Gasteiger partial charge is 0.497 e. The SMILES string of the molecule is COc1ccc(C(=O)N2CCN(C(=O)CCc3ccncc3)CC2)cc1. The van der Waals surface area contributed by atoms with E-state index < -0.39 is 0 Å². The van der Waals surface area contributed by atoms with Crippen molar-refractivity contribution in [2.45, 2.75) is 12.8 Å². The van der Waals surface area contributed by atoms with Crippen molar-refractivity contribution in [2.75, 3.05) is 33.3 Å². The van der Waals surface area contributed by atoms with Crippen molar-refractivity contribution in [1.82, 2.24) is 14.8 Å². The van der Waals surface area contributed by atoms with Crippen LogP contribution in [0.15, 0.2) is 48.8 Å². The van der Waals surface area contributed by atoms with Crippen LogP contribution in [0.2, 0.25) is 0 Å². The third-order valence-electron chi connectivity index (χ3n) is 4.63. The molecule has 0 radical (unpaired) electrons. The van der Waals surface area contributed by atoms with E-state index in [9.17, 15) is 9.59 Å². The minimum Gasteiger partial charge on any atom is -0.497 e. The molecule has 26 heavy (non-hydrogen) atoms. The molecule has 1 aromatic carbocycles. The third kappa shape index (κ3) is 4.39. The summed E-state index contributed by atoms with van der Waals surface area (Å²) in [6, 6.07) is 11.0. The van der Waals surface area contributed by atoms with Gasteiger partial charge in [-0.3, -0.25) is 14.6 Å². The average Bonchev–Trinajstić information content (AvgIpc) is 2.72. The number of hydrogen-bond donors (Lipinski definition) is 0. The molecule has 2 amide bonds. The fraction of sp³-hybridized carbons (Fsp3) is 0.350. The zero-order valence-corrected chi connectivity index (χ0v) is 14.9. The number of nitrogens with zero attached hydrogens (tertiary/aromatic N) is 3. The molecule has 6 heteroatoms. The van der Waals surface area contributed by atoms with Gasteiger partial charge in [-0.2, -0.15) is 0 Å². The standard InChI is InChI=1S/C20H23N3O3/c1-26-18-5-3-17(4-6-18)20(25)23-14-12-22(13-15-23)19(24)7-2-16-8-10-21-11-9-16/h3-6,8-11H,2,7,12-15H2,1H3. The molecule has 0 bridgehead atoms. The van der Waals surface area contributed by atoms with Crippen molar-refractivity contribution in [3.8, 4) is 5.75 Å². The van der Waals surface area contributed by atoms with Gasteiger partial charge in [0.1, 0.15) is 5.75 Å². The highest BCUT2D eigenvalue weighted by Crippen LogP contribution is 2.15. The topological polar surface area (TPSA) is 62.7 Å². The molecule has 1 fully saturated rings. The zero-order valence-electron chi connectivity index (χ0n) is 14.9. The maximum atomic E-state index is 12.6. The van der Waals surface area contributed by atoms with Crippen LogP contribution < -0.4 is 4.74 Å². The minimum absolute atomic E-state index is 0.00321. The van der Waals surface area contributed by atoms with Gasteiger partial charge in [-0.25, -0.2) is 0 Å². The second-order valence-electron chi connectivity index (χ2n) is 6.26. The molecule has 0 aliphatic carbocycles. The Morgan fingerprint density at radius 1 is 0.962 bits per heavy atom. The summed E-state index contributed by atoms with van der Waals surface area (Å²) >= 11 is 0. The number of carbonyl (C=O) groups excluding carboxylic acids is 2. The van der Waals surface area contributed by atoms with Crippen LogP contribution in [-0.4, -0.2) is 59.9 Å². The number of hydrogen-bond acceptors (Lipinski definition) is 4. The Kier molecular flexibility index (Phi) is 5.84. The van der Waals surface area contributed by atoms with Crippen LogP contribution in [-0.2, 0) is 11.2 Å². The number of rotatable bonds is 5. The molecule has 2 heterocycles. The number of amides is 2. The van der Waals surface area contributed by atoms with Gasteiger partial charge in [0.25, 0.3) is 5.91 Å². The second kappa shape index (κ2) is 8.47. The highest BCUT2D eigenvalue weighted by Gasteiger charge is 2.24. The first-order valence-electron chi connectivity index (χ1n) is 8.77. The molecule has 1 aromatic heterocycles. The van der Waals surface area contributed by atoms with Crippen molar-refractivity contribution in [3.63, 3.8) is 0 Å². The smallest absolute Gasteiger partial charge is 0.253 e. The Hall–Kier alpha value is -2.89. The minimum atomic E-state index is -0.00321. The number of aromatic nitrogens is 1. The second-order valence-corrected chi connectivity index (χ2v) is 6.26. The summed E-state index contributed by atoms with van der Waals surface area (Å²) in [5.41, 5.74) is 1.75. The molecule has 0 saturated carbocycles. The zero-order chi connectivity index (χ0) is 18.4. The van der Waals surface area contributed by atoms with Gasteiger partial charge in [-0.05, 0) is 48.4 Å². The van der Waals surface area contributed by atoms with Crippen LogP contribution in [0.4, 0.5) is 0 Å². The molecule has 1 saturated heterocycles. The Labute approximate surface area is 153 Å². The average molecular weight is 353 g/mol. The molecule has 2 aromatic rings. The summed E-state index contributed by atoms with van der Waals surface area (Å²) in [4.78, 5) is 32.6. The predicted molar refractivity (Wildman–Crippen MR) is 98.0 cm³/mol. The van der Waals surface area contributed by atoms with Crippen LogP contribution in [0.5, 0.6) is 5.75 Å². The summed E-state index contributed by atoms with van der Waals surface area (Å²) in [6.45, 7) is 2.28. The van der Waals surface area contributed by atoms with E-state index in [2.05, 4.69) is 4.98 Å². The van der Waals surface area contributed by atoms with E-state index in [1.807, 2.05) is 17.0 Å². The first-order valence-corrected chi connectivity index (χ1v) is 8.77. The molecular weight excluding hydrogens is 330 g/mol. The van der Waals surface area contributed by atoms with Gasteiger partial charge < -0.3 is 14.5 Å². The first kappa shape index (κ1) is 17.9. The summed E-state index contributed by atoms with van der Waals surface area (Å²) in [7, 11) is 1.60. The van der Waals surface area contributed by atoms with Crippen molar-refractivity contribution in [2.24, 2.45) is 0 Å². The van der Waals surface area contributed by atoms with Crippen molar-refractivity contribution in [1.29, 1.82) is 0 Å². The predicted octanol–water partition coefficient (Wildman–Crippen LogP) is 2.01. The van der Waals surface area contributed by atoms with Crippen molar-refractivity contribution in [3.05, 3.63) is 59.9 Å². The van der Waals surface area contributed by atoms with Gasteiger partial charge in [0, 0.05) is 50.6 Å². The van der Waals surface area contributed by atoms with E-state index in [0.717, 1.165) is 11.3 Å². The Bertz CT molecular complexity index is 739. The molecule has 1 aliphatic rings. The number of ether oxygens (including phenoxy) is 1. The van der Waals surface area contributed by atoms with Gasteiger partial charge in [0.2, 0.25) is 5.91 Å². The van der Waals surface area contributed by atoms with E-state index in [4.69, 9.17) is 4.74 Å². The molecule has 6 nitrogen and oxygen atoms in total. The van der Waals surface area contributed by atoms with Crippen LogP contribution in [0.3, 0.4) is 0 Å². The van der Waals surface area contributed by atoms with E-state index in [-0.39, 0.29) is 11.8 Å². The van der Waals surface area contributed by atoms with Crippen LogP contribution >= 0.6 is 0 Å². The van der Waals surface area contributed by atoms with E-state index in [0.29, 0.717) is 44.6 Å². The van der Waals surface area contributed by atoms with Gasteiger partial charge in [-0.15, -0.1) is 0 Å². The molecule has 0 N–H and O–H groups in total. The summed E-state index contributed by atoms with van der Waals surface area (Å²) < 4.78 is 5.12. The number of piperazine rings is 1. The quantitative estimate of drug-likeness (QED) is 0.825. The van der Waals surface area contributed by atoms with E-state index in [1.54, 1.807) is 48.7 Å². The number of benzene rings is 1. The summed E-state index contributed by atoms with van der Waals surface area (Å²) in [5.74, 6) is 0.862. The van der Waals surface area contributed by atoms with E-state index >= 15 is 0 Å². The molecule has 136 valence electrons. The Balaban J connectivity index is 1.48. The molecule has 0 unspecified atom stereocenters. The molecular formula is C20H23N3O3. The van der Waals surface area contributed by atoms with Crippen molar-refractivity contribution < 1.29 is 14.3 Å². The molecule has 0 spiro atoms. The highest BCUT2D eigenvalue weighted by atomic mass is 16.5. The summed E-state index contributed by atoms with van der Waals surface area (Å²) in [5, 5.41) is 0. The van der Waals surface area contributed by atoms with Crippen molar-refractivity contribution >= 4 is 11.8 Å². The third-order valence-corrected chi connectivity index (χ3v) is 4.63. The Morgan fingerprint density at radius 2 is 1.58 bits per heavy atom. The molecule has 3 rings (SSSR count). The molecule has 1 aliphatic heterocycles. The summed E-state index contributed by atoms with van der Waals surface area (Å²) in [6.07, 6.45) is 4.68. The number of pyridine rings is 1. The number of methoxy groups -OCH3 is 1. The van der Waals surface area contributed by atoms with Gasteiger partial charge in [-0.1, -0.05) is 0 Å². The highest BCUT2D eigenvalue weighted by molar-refractivity contribution is 5.94. The lowest BCUT2D eigenvalue weighted by molar-refractivity contribution is -0.132. The fourth-order valence-electron chi connectivity index (χ4n) is 3.03. The first-order chi connectivity index (χ1) is 12.7. The van der Waals surface area contributed by atoms with E-state index in [1.165, 1.54) is 0 Å². The van der Waals surface area contributed by atoms with Crippen LogP contribution in [0.1, 0.15) is 22.3 Å². The lowest BCUT2D eigenvalue weighted by Crippen LogP contribution is -2.50. The monoisotopic (exact) mass is 353 g/mol. The number of carbonyl (C=O) groups is 2. The van der Waals surface area contributed by atoms with Gasteiger partial charge >= 0.3 is 0 Å². The lowest BCUT2D eigenvalue weighted by Gasteiger charge is -2.35. The normalized spacial score (nSPS) is 14.2. The fourth-order valence-corrected chi connectivity index (χ4v) is 3.03. The maximum Gasteiger partial charge on any atom is 0.253 e.